The van der Waals surface area contributed by atoms with Crippen LogP contribution in [-0.2, 0) is 13.1 Å². The molecule has 0 amide bonds. The number of nitrogens with zero attached hydrogens (tertiary/aromatic N) is 3. The molecule has 2 aromatic rings. The first-order chi connectivity index (χ1) is 8.88. The fraction of sp³-hybridized carbons (Fsp3) is 0.286. The number of rotatable bonds is 6. The van der Waals surface area contributed by atoms with E-state index in [1.807, 2.05) is 36.8 Å². The molecule has 0 aliphatic rings. The van der Waals surface area contributed by atoms with Gasteiger partial charge in [-0.2, -0.15) is 0 Å². The third kappa shape index (κ3) is 3.91. The Labute approximate surface area is 107 Å². The zero-order chi connectivity index (χ0) is 12.6. The van der Waals surface area contributed by atoms with Gasteiger partial charge in [0, 0.05) is 51.0 Å². The van der Waals surface area contributed by atoms with Crippen molar-refractivity contribution < 1.29 is 0 Å². The highest BCUT2D eigenvalue weighted by Crippen LogP contribution is 2.07. The molecule has 94 valence electrons. The summed E-state index contributed by atoms with van der Waals surface area (Å²) in [4.78, 5) is 10.5. The molecule has 2 N–H and O–H groups in total. The van der Waals surface area contributed by atoms with Gasteiger partial charge in [0.2, 0.25) is 0 Å². The summed E-state index contributed by atoms with van der Waals surface area (Å²) in [6, 6.07) is 8.12. The Morgan fingerprint density at radius 3 is 2.39 bits per heavy atom. The Morgan fingerprint density at radius 2 is 1.72 bits per heavy atom. The molecule has 0 spiro atoms. The molecule has 0 aliphatic carbocycles. The maximum atomic E-state index is 5.67. The smallest absolute Gasteiger partial charge is 0.0312 e. The fourth-order valence-corrected chi connectivity index (χ4v) is 1.89. The molecule has 2 heterocycles. The van der Waals surface area contributed by atoms with Gasteiger partial charge in [-0.25, -0.2) is 0 Å². The van der Waals surface area contributed by atoms with Crippen LogP contribution in [0.3, 0.4) is 0 Å². The molecule has 0 radical (unpaired) electrons. The lowest BCUT2D eigenvalue weighted by Crippen LogP contribution is -2.28. The van der Waals surface area contributed by atoms with E-state index < -0.39 is 0 Å². The van der Waals surface area contributed by atoms with Gasteiger partial charge < -0.3 is 5.73 Å². The van der Waals surface area contributed by atoms with Crippen LogP contribution >= 0.6 is 0 Å². The van der Waals surface area contributed by atoms with Crippen LogP contribution < -0.4 is 5.73 Å². The normalized spacial score (nSPS) is 10.8. The molecule has 2 aromatic heterocycles. The van der Waals surface area contributed by atoms with Crippen LogP contribution in [0.4, 0.5) is 0 Å². The van der Waals surface area contributed by atoms with Crippen LogP contribution in [0, 0.1) is 0 Å². The minimum absolute atomic E-state index is 0.658. The highest BCUT2D eigenvalue weighted by molar-refractivity contribution is 5.11. The van der Waals surface area contributed by atoms with Crippen LogP contribution in [-0.4, -0.2) is 28.0 Å². The van der Waals surface area contributed by atoms with Crippen molar-refractivity contribution in [1.29, 1.82) is 0 Å². The monoisotopic (exact) mass is 242 g/mol. The van der Waals surface area contributed by atoms with Crippen molar-refractivity contribution in [1.82, 2.24) is 14.9 Å². The lowest BCUT2D eigenvalue weighted by molar-refractivity contribution is 0.264. The van der Waals surface area contributed by atoms with Crippen molar-refractivity contribution in [3.8, 4) is 0 Å². The lowest BCUT2D eigenvalue weighted by atomic mass is 10.2. The standard InChI is InChI=1S/C14H18N4/c15-5-9-18(11-13-3-7-16-8-4-13)12-14-2-1-6-17-10-14/h1-4,6-8,10H,5,9,11-12,15H2. The van der Waals surface area contributed by atoms with E-state index in [0.717, 1.165) is 19.6 Å². The topological polar surface area (TPSA) is 55.0 Å². The first-order valence-electron chi connectivity index (χ1n) is 6.08. The van der Waals surface area contributed by atoms with Gasteiger partial charge in [-0.1, -0.05) is 6.07 Å². The Kier molecular flexibility index (Phi) is 4.81. The van der Waals surface area contributed by atoms with E-state index >= 15 is 0 Å². The van der Waals surface area contributed by atoms with E-state index in [1.165, 1.54) is 11.1 Å². The highest BCUT2D eigenvalue weighted by atomic mass is 15.1. The SMILES string of the molecule is NCCN(Cc1ccncc1)Cc1cccnc1. The number of nitrogens with two attached hydrogens (primary N) is 1. The van der Waals surface area contributed by atoms with Gasteiger partial charge in [0.05, 0.1) is 0 Å². The number of pyridine rings is 2. The quantitative estimate of drug-likeness (QED) is 0.832. The van der Waals surface area contributed by atoms with Gasteiger partial charge in [-0.3, -0.25) is 14.9 Å². The highest BCUT2D eigenvalue weighted by Gasteiger charge is 2.06. The van der Waals surface area contributed by atoms with Crippen molar-refractivity contribution >= 4 is 0 Å². The van der Waals surface area contributed by atoms with E-state index in [0.29, 0.717) is 6.54 Å². The van der Waals surface area contributed by atoms with Crippen molar-refractivity contribution in [3.63, 3.8) is 0 Å². The molecule has 0 atom stereocenters. The molecule has 0 aromatic carbocycles. The predicted octanol–water partition coefficient (Wildman–Crippen LogP) is 1.44. The summed E-state index contributed by atoms with van der Waals surface area (Å²) < 4.78 is 0. The molecule has 4 heteroatoms. The third-order valence-corrected chi connectivity index (χ3v) is 2.73. The summed E-state index contributed by atoms with van der Waals surface area (Å²) >= 11 is 0. The van der Waals surface area contributed by atoms with Crippen LogP contribution in [0.5, 0.6) is 0 Å². The second-order valence-corrected chi connectivity index (χ2v) is 4.22. The Bertz CT molecular complexity index is 402. The first kappa shape index (κ1) is 12.7. The zero-order valence-electron chi connectivity index (χ0n) is 10.4. The number of aromatic nitrogens is 2. The molecule has 18 heavy (non-hydrogen) atoms. The van der Waals surface area contributed by atoms with Crippen molar-refractivity contribution in [2.45, 2.75) is 13.1 Å². The lowest BCUT2D eigenvalue weighted by Gasteiger charge is -2.21. The summed E-state index contributed by atoms with van der Waals surface area (Å²) in [6.45, 7) is 3.28. The van der Waals surface area contributed by atoms with Gasteiger partial charge in [0.1, 0.15) is 0 Å². The van der Waals surface area contributed by atoms with Crippen LogP contribution in [0.15, 0.2) is 49.1 Å². The summed E-state index contributed by atoms with van der Waals surface area (Å²) in [7, 11) is 0. The molecule has 0 saturated heterocycles. The van der Waals surface area contributed by atoms with Crippen molar-refractivity contribution in [3.05, 3.63) is 60.2 Å². The maximum absolute atomic E-state index is 5.67. The minimum Gasteiger partial charge on any atom is -0.329 e. The average molecular weight is 242 g/mol. The summed E-state index contributed by atoms with van der Waals surface area (Å²) in [5.74, 6) is 0. The second-order valence-electron chi connectivity index (χ2n) is 4.22. The van der Waals surface area contributed by atoms with Gasteiger partial charge in [0.15, 0.2) is 0 Å². The van der Waals surface area contributed by atoms with E-state index in [2.05, 4.69) is 20.9 Å². The first-order valence-corrected chi connectivity index (χ1v) is 6.08. The van der Waals surface area contributed by atoms with E-state index in [-0.39, 0.29) is 0 Å². The summed E-state index contributed by atoms with van der Waals surface area (Å²) in [5, 5.41) is 0. The summed E-state index contributed by atoms with van der Waals surface area (Å²) in [6.07, 6.45) is 7.33. The number of hydrogen-bond acceptors (Lipinski definition) is 4. The average Bonchev–Trinajstić information content (AvgIpc) is 2.41. The Balaban J connectivity index is 2.00. The third-order valence-electron chi connectivity index (χ3n) is 2.73. The molecule has 0 saturated carbocycles. The minimum atomic E-state index is 0.658. The molecular formula is C14H18N4. The van der Waals surface area contributed by atoms with Crippen molar-refractivity contribution in [2.75, 3.05) is 13.1 Å². The van der Waals surface area contributed by atoms with E-state index in [1.54, 1.807) is 6.20 Å². The van der Waals surface area contributed by atoms with Gasteiger partial charge in [-0.15, -0.1) is 0 Å². The fourth-order valence-electron chi connectivity index (χ4n) is 1.89. The second kappa shape index (κ2) is 6.83. The molecule has 2 rings (SSSR count). The molecule has 0 aliphatic heterocycles. The van der Waals surface area contributed by atoms with Gasteiger partial charge in [-0.05, 0) is 29.3 Å². The maximum Gasteiger partial charge on any atom is 0.0312 e. The van der Waals surface area contributed by atoms with Gasteiger partial charge >= 0.3 is 0 Å². The molecule has 4 nitrogen and oxygen atoms in total. The van der Waals surface area contributed by atoms with E-state index in [4.69, 9.17) is 5.73 Å². The zero-order valence-corrected chi connectivity index (χ0v) is 10.4. The number of hydrogen-bond donors (Lipinski definition) is 1. The van der Waals surface area contributed by atoms with Crippen molar-refractivity contribution in [2.24, 2.45) is 5.73 Å². The van der Waals surface area contributed by atoms with Crippen LogP contribution in [0.2, 0.25) is 0 Å². The molecule has 0 fully saturated rings. The largest absolute Gasteiger partial charge is 0.329 e. The predicted molar refractivity (Wildman–Crippen MR) is 71.6 cm³/mol. The van der Waals surface area contributed by atoms with Crippen LogP contribution in [0.1, 0.15) is 11.1 Å². The Hall–Kier alpha value is -1.78. The Morgan fingerprint density at radius 1 is 0.944 bits per heavy atom. The van der Waals surface area contributed by atoms with E-state index in [9.17, 15) is 0 Å². The summed E-state index contributed by atoms with van der Waals surface area (Å²) in [5.41, 5.74) is 8.13. The molecular weight excluding hydrogens is 224 g/mol. The van der Waals surface area contributed by atoms with Crippen LogP contribution in [0.25, 0.3) is 0 Å². The molecule has 0 bridgehead atoms. The molecule has 0 unspecified atom stereocenters. The van der Waals surface area contributed by atoms with Gasteiger partial charge in [0.25, 0.3) is 0 Å².